The smallest absolute Gasteiger partial charge is 0.408 e. The number of rotatable bonds is 8. The molecule has 0 aliphatic rings. The molecule has 1 atom stereocenters. The maximum Gasteiger partial charge on any atom is 0.408 e. The highest BCUT2D eigenvalue weighted by molar-refractivity contribution is 7.54. The van der Waals surface area contributed by atoms with Gasteiger partial charge in [0.2, 0.25) is 0 Å². The number of carbonyl (C=O) groups is 2. The average Bonchev–Trinajstić information content (AvgIpc) is 2.25. The summed E-state index contributed by atoms with van der Waals surface area (Å²) in [5.41, 5.74) is -0.767. The molecule has 0 aliphatic heterocycles. The Hall–Kier alpha value is -1.11. The van der Waals surface area contributed by atoms with Gasteiger partial charge in [-0.3, -0.25) is 4.57 Å². The topological polar surface area (TPSA) is 111 Å². The first-order valence-corrected chi connectivity index (χ1v) is 8.36. The van der Waals surface area contributed by atoms with Crippen molar-refractivity contribution in [3.05, 3.63) is 0 Å². The van der Waals surface area contributed by atoms with Crippen LogP contribution in [0.15, 0.2) is 0 Å². The Kier molecular flexibility index (Phi) is 7.92. The van der Waals surface area contributed by atoms with Crippen LogP contribution in [0.2, 0.25) is 0 Å². The highest BCUT2D eigenvalue weighted by Crippen LogP contribution is 2.48. The van der Waals surface area contributed by atoms with Crippen LogP contribution >= 0.6 is 7.60 Å². The van der Waals surface area contributed by atoms with Crippen LogP contribution in [0, 0.1) is 0 Å². The number of carboxylic acid groups (broad SMARTS) is 1. The number of amides is 1. The fourth-order valence-corrected chi connectivity index (χ4v) is 3.16. The molecule has 0 bridgehead atoms. The number of carboxylic acids is 1. The van der Waals surface area contributed by atoms with E-state index in [-0.39, 0.29) is 13.2 Å². The number of aliphatic carboxylic acids is 1. The second-order valence-corrected chi connectivity index (χ2v) is 7.27. The van der Waals surface area contributed by atoms with Gasteiger partial charge in [0.25, 0.3) is 0 Å². The molecular weight excluding hydrogens is 301 g/mol. The van der Waals surface area contributed by atoms with Crippen molar-refractivity contribution in [2.45, 2.75) is 46.3 Å². The van der Waals surface area contributed by atoms with Crippen LogP contribution in [-0.2, 0) is 23.1 Å². The summed E-state index contributed by atoms with van der Waals surface area (Å²) in [5, 5.41) is 11.3. The molecule has 0 rings (SSSR count). The molecule has 9 heteroatoms. The number of hydrogen-bond donors (Lipinski definition) is 2. The molecule has 0 saturated carbocycles. The van der Waals surface area contributed by atoms with Gasteiger partial charge in [-0.15, -0.1) is 0 Å². The van der Waals surface area contributed by atoms with E-state index < -0.39 is 37.5 Å². The van der Waals surface area contributed by atoms with Gasteiger partial charge in [-0.25, -0.2) is 9.59 Å². The van der Waals surface area contributed by atoms with Crippen LogP contribution in [-0.4, -0.2) is 48.2 Å². The summed E-state index contributed by atoms with van der Waals surface area (Å²) in [5.74, 6) is -1.35. The maximum atomic E-state index is 12.3. The molecule has 0 fully saturated rings. The molecule has 0 aliphatic carbocycles. The van der Waals surface area contributed by atoms with Crippen molar-refractivity contribution in [3.8, 4) is 0 Å². The first kappa shape index (κ1) is 19.9. The summed E-state index contributed by atoms with van der Waals surface area (Å²) in [6, 6.07) is -1.43. The first-order valence-electron chi connectivity index (χ1n) is 6.63. The summed E-state index contributed by atoms with van der Waals surface area (Å²) in [4.78, 5) is 22.8. The number of carbonyl (C=O) groups excluding carboxylic acids is 1. The molecule has 1 amide bonds. The van der Waals surface area contributed by atoms with Crippen LogP contribution in [0.4, 0.5) is 4.79 Å². The molecule has 0 aromatic heterocycles. The second kappa shape index (κ2) is 8.36. The normalized spacial score (nSPS) is 13.6. The molecule has 2 N–H and O–H groups in total. The minimum Gasteiger partial charge on any atom is -0.480 e. The Morgan fingerprint density at radius 1 is 1.19 bits per heavy atom. The predicted octanol–water partition coefficient (Wildman–Crippen LogP) is 2.23. The van der Waals surface area contributed by atoms with Crippen LogP contribution in [0.25, 0.3) is 0 Å². The molecule has 0 radical (unpaired) electrons. The largest absolute Gasteiger partial charge is 0.480 e. The molecule has 0 heterocycles. The van der Waals surface area contributed by atoms with E-state index >= 15 is 0 Å². The Balaban J connectivity index is 4.87. The van der Waals surface area contributed by atoms with Gasteiger partial charge in [0.05, 0.1) is 19.4 Å². The zero-order valence-electron chi connectivity index (χ0n) is 13.0. The Labute approximate surface area is 124 Å². The molecule has 0 saturated heterocycles. The van der Waals surface area contributed by atoms with Gasteiger partial charge < -0.3 is 24.2 Å². The third kappa shape index (κ3) is 8.70. The van der Waals surface area contributed by atoms with Gasteiger partial charge in [-0.05, 0) is 34.6 Å². The van der Waals surface area contributed by atoms with Crippen molar-refractivity contribution in [2.24, 2.45) is 0 Å². The lowest BCUT2D eigenvalue weighted by Gasteiger charge is -2.24. The summed E-state index contributed by atoms with van der Waals surface area (Å²) < 4.78 is 27.3. The van der Waals surface area contributed by atoms with Gasteiger partial charge in [0, 0.05) is 0 Å². The van der Waals surface area contributed by atoms with Crippen molar-refractivity contribution >= 4 is 19.7 Å². The first-order chi connectivity index (χ1) is 9.53. The zero-order chi connectivity index (χ0) is 16.7. The zero-order valence-corrected chi connectivity index (χ0v) is 13.9. The van der Waals surface area contributed by atoms with E-state index in [1.54, 1.807) is 34.6 Å². The number of hydrogen-bond acceptors (Lipinski definition) is 6. The molecule has 0 aromatic rings. The van der Waals surface area contributed by atoms with Crippen LogP contribution in [0.1, 0.15) is 34.6 Å². The number of nitrogens with one attached hydrogen (secondary N) is 1. The van der Waals surface area contributed by atoms with Crippen molar-refractivity contribution in [3.63, 3.8) is 0 Å². The van der Waals surface area contributed by atoms with Crippen molar-refractivity contribution in [1.29, 1.82) is 0 Å². The Bertz CT molecular complexity index is 395. The molecule has 124 valence electrons. The van der Waals surface area contributed by atoms with Gasteiger partial charge in [-0.1, -0.05) is 0 Å². The standard InChI is InChI=1S/C12H24NO7P/c1-6-18-21(17,19-7-2)8-9(10(14)15)13-11(16)20-12(3,4)5/h9H,6-8H2,1-5H3,(H,13,16)(H,14,15)/t9-/m1/s1. The molecule has 0 spiro atoms. The van der Waals surface area contributed by atoms with Gasteiger partial charge >= 0.3 is 19.7 Å². The van der Waals surface area contributed by atoms with Crippen LogP contribution in [0.3, 0.4) is 0 Å². The van der Waals surface area contributed by atoms with Crippen molar-refractivity contribution in [1.82, 2.24) is 5.32 Å². The minimum absolute atomic E-state index is 0.107. The van der Waals surface area contributed by atoms with E-state index in [1.165, 1.54) is 0 Å². The Morgan fingerprint density at radius 2 is 1.67 bits per heavy atom. The van der Waals surface area contributed by atoms with E-state index in [4.69, 9.17) is 18.9 Å². The number of alkyl carbamates (subject to hydrolysis) is 1. The van der Waals surface area contributed by atoms with E-state index in [1.807, 2.05) is 0 Å². The summed E-state index contributed by atoms with van der Waals surface area (Å²) in [6.07, 6.45) is -1.38. The van der Waals surface area contributed by atoms with E-state index in [0.717, 1.165) is 0 Å². The summed E-state index contributed by atoms with van der Waals surface area (Å²) in [6.45, 7) is 8.38. The summed E-state index contributed by atoms with van der Waals surface area (Å²) >= 11 is 0. The fraction of sp³-hybridized carbons (Fsp3) is 0.833. The molecule has 8 nitrogen and oxygen atoms in total. The van der Waals surface area contributed by atoms with Crippen molar-refractivity contribution < 1.29 is 33.0 Å². The summed E-state index contributed by atoms with van der Waals surface area (Å²) in [7, 11) is -3.59. The predicted molar refractivity (Wildman–Crippen MR) is 76.5 cm³/mol. The third-order valence-electron chi connectivity index (χ3n) is 2.05. The van der Waals surface area contributed by atoms with Gasteiger partial charge in [0.15, 0.2) is 0 Å². The van der Waals surface area contributed by atoms with Crippen LogP contribution in [0.5, 0.6) is 0 Å². The van der Waals surface area contributed by atoms with Gasteiger partial charge in [-0.2, -0.15) is 0 Å². The minimum atomic E-state index is -3.59. The van der Waals surface area contributed by atoms with E-state index in [0.29, 0.717) is 0 Å². The SMILES string of the molecule is CCOP(=O)(C[C@@H](NC(=O)OC(C)(C)C)C(=O)O)OCC. The van der Waals surface area contributed by atoms with E-state index in [9.17, 15) is 14.2 Å². The lowest BCUT2D eigenvalue weighted by molar-refractivity contribution is -0.139. The third-order valence-corrected chi connectivity index (χ3v) is 4.16. The molecule has 0 unspecified atom stereocenters. The quantitative estimate of drug-likeness (QED) is 0.658. The molecule has 0 aromatic carbocycles. The average molecular weight is 325 g/mol. The highest BCUT2D eigenvalue weighted by atomic mass is 31.2. The lowest BCUT2D eigenvalue weighted by Crippen LogP contribution is -2.45. The monoisotopic (exact) mass is 325 g/mol. The maximum absolute atomic E-state index is 12.3. The Morgan fingerprint density at radius 3 is 2.00 bits per heavy atom. The van der Waals surface area contributed by atoms with Crippen molar-refractivity contribution in [2.75, 3.05) is 19.4 Å². The number of ether oxygens (including phenoxy) is 1. The highest BCUT2D eigenvalue weighted by Gasteiger charge is 2.34. The fourth-order valence-electron chi connectivity index (χ4n) is 1.39. The lowest BCUT2D eigenvalue weighted by atomic mass is 10.2. The van der Waals surface area contributed by atoms with Crippen LogP contribution < -0.4 is 5.32 Å². The molecule has 21 heavy (non-hydrogen) atoms. The molecular formula is C12H24NO7P. The van der Waals surface area contributed by atoms with E-state index in [2.05, 4.69) is 5.32 Å². The second-order valence-electron chi connectivity index (χ2n) is 5.17. The van der Waals surface area contributed by atoms with Gasteiger partial charge in [0.1, 0.15) is 11.6 Å².